The van der Waals surface area contributed by atoms with E-state index in [1.807, 2.05) is 85.1 Å². The molecule has 7 nitrogen and oxygen atoms in total. The lowest BCUT2D eigenvalue weighted by atomic mass is 9.94. The third-order valence-electron chi connectivity index (χ3n) is 7.00. The molecule has 2 aromatic heterocycles. The number of H-pyrrole nitrogens is 1. The number of aliphatic hydroxyl groups excluding tert-OH is 1. The fourth-order valence-corrected chi connectivity index (χ4v) is 6.08. The number of aryl methyl sites for hydroxylation is 1. The number of nitrogens with one attached hydrogen (secondary N) is 1. The van der Waals surface area contributed by atoms with Crippen molar-refractivity contribution in [2.24, 2.45) is 0 Å². The summed E-state index contributed by atoms with van der Waals surface area (Å²) in [7, 11) is 1.59. The van der Waals surface area contributed by atoms with E-state index in [-0.39, 0.29) is 12.1 Å². The predicted molar refractivity (Wildman–Crippen MR) is 151 cm³/mol. The van der Waals surface area contributed by atoms with Gasteiger partial charge >= 0.3 is 0 Å². The summed E-state index contributed by atoms with van der Waals surface area (Å²) in [5.41, 5.74) is 3.98. The van der Waals surface area contributed by atoms with Gasteiger partial charge in [-0.2, -0.15) is 0 Å². The van der Waals surface area contributed by atoms with Crippen molar-refractivity contribution in [1.82, 2.24) is 14.9 Å². The second-order valence-corrected chi connectivity index (χ2v) is 10.4. The van der Waals surface area contributed by atoms with E-state index in [1.54, 1.807) is 18.9 Å². The molecule has 6 rings (SSSR count). The maximum Gasteiger partial charge on any atom is 0.290 e. The molecule has 1 atom stereocenters. The summed E-state index contributed by atoms with van der Waals surface area (Å²) in [6, 6.07) is 23.9. The van der Waals surface area contributed by atoms with E-state index < -0.39 is 23.5 Å². The number of aliphatic hydroxyl groups is 1. The third-order valence-corrected chi connectivity index (χ3v) is 8.20. The Morgan fingerprint density at radius 2 is 1.77 bits per heavy atom. The first-order valence-corrected chi connectivity index (χ1v) is 13.3. The van der Waals surface area contributed by atoms with E-state index in [9.17, 15) is 14.7 Å². The van der Waals surface area contributed by atoms with Gasteiger partial charge in [0, 0.05) is 34.8 Å². The Balaban J connectivity index is 1.45. The van der Waals surface area contributed by atoms with Crippen LogP contribution in [0, 0.1) is 6.92 Å². The van der Waals surface area contributed by atoms with Crippen LogP contribution in [0.3, 0.4) is 0 Å². The number of rotatable bonds is 7. The number of Topliss-reactive ketones (excluding diaryl/α,β-unsaturated/α-hetero) is 1. The normalized spacial score (nSPS) is 15.4. The quantitative estimate of drug-likeness (QED) is 0.236. The molecule has 0 saturated heterocycles. The number of aromatic nitrogens is 2. The Bertz CT molecular complexity index is 1730. The number of para-hydroxylation sites is 1. The molecule has 1 aliphatic heterocycles. The summed E-state index contributed by atoms with van der Waals surface area (Å²) in [6.45, 7) is 1.98. The molecule has 0 radical (unpaired) electrons. The molecular formula is C31H25N3O4S. The fourth-order valence-electron chi connectivity index (χ4n) is 5.05. The zero-order valence-corrected chi connectivity index (χ0v) is 22.2. The number of carbonyl (C=O) groups excluding carboxylic acids is 2. The van der Waals surface area contributed by atoms with Crippen LogP contribution in [0.15, 0.2) is 96.4 Å². The van der Waals surface area contributed by atoms with E-state index in [0.717, 1.165) is 27.6 Å². The number of fused-ring (bicyclic) bond motifs is 1. The SMILES string of the molecule is COc1ccc(CN2C(=O)C(O)=C(C(=O)c3sc(-c4ccccc4)nc3C)C2c2c[nH]c3ccccc23)cc1. The monoisotopic (exact) mass is 535 g/mol. The van der Waals surface area contributed by atoms with Crippen molar-refractivity contribution < 1.29 is 19.4 Å². The molecule has 0 saturated carbocycles. The summed E-state index contributed by atoms with van der Waals surface area (Å²) < 4.78 is 5.27. The molecule has 1 amide bonds. The van der Waals surface area contributed by atoms with E-state index in [1.165, 1.54) is 11.3 Å². The van der Waals surface area contributed by atoms with Crippen LogP contribution in [-0.2, 0) is 11.3 Å². The van der Waals surface area contributed by atoms with Crippen LogP contribution in [0.25, 0.3) is 21.5 Å². The van der Waals surface area contributed by atoms with Crippen molar-refractivity contribution in [3.8, 4) is 16.3 Å². The minimum Gasteiger partial charge on any atom is -0.503 e. The van der Waals surface area contributed by atoms with E-state index in [2.05, 4.69) is 9.97 Å². The summed E-state index contributed by atoms with van der Waals surface area (Å²) >= 11 is 1.27. The molecular weight excluding hydrogens is 510 g/mol. The molecule has 2 N–H and O–H groups in total. The topological polar surface area (TPSA) is 95.5 Å². The zero-order chi connectivity index (χ0) is 27.1. The molecule has 0 aliphatic carbocycles. The van der Waals surface area contributed by atoms with E-state index in [4.69, 9.17) is 4.74 Å². The first kappa shape index (κ1) is 24.6. The van der Waals surface area contributed by atoms with Gasteiger partial charge in [-0.3, -0.25) is 9.59 Å². The van der Waals surface area contributed by atoms with Crippen LogP contribution in [0.1, 0.15) is 32.5 Å². The minimum absolute atomic E-state index is 0.0598. The van der Waals surface area contributed by atoms with Crippen LogP contribution in [0.4, 0.5) is 0 Å². The number of hydrogen-bond donors (Lipinski definition) is 2. The van der Waals surface area contributed by atoms with Crippen molar-refractivity contribution in [3.63, 3.8) is 0 Å². The van der Waals surface area contributed by atoms with Gasteiger partial charge in [0.2, 0.25) is 5.78 Å². The number of hydrogen-bond acceptors (Lipinski definition) is 6. The molecule has 1 aliphatic rings. The average molecular weight is 536 g/mol. The Morgan fingerprint density at radius 1 is 1.05 bits per heavy atom. The van der Waals surface area contributed by atoms with Crippen LogP contribution in [0.2, 0.25) is 0 Å². The highest BCUT2D eigenvalue weighted by Gasteiger charge is 2.45. The van der Waals surface area contributed by atoms with Crippen LogP contribution in [0.5, 0.6) is 5.75 Å². The smallest absolute Gasteiger partial charge is 0.290 e. The van der Waals surface area contributed by atoms with Gasteiger partial charge in [-0.1, -0.05) is 60.7 Å². The standard InChI is InChI=1S/C31H25N3O4S/c1-18-29(39-30(33-18)20-8-4-3-5-9-20)27(35)25-26(23-16-32-24-11-7-6-10-22(23)24)34(31(37)28(25)36)17-19-12-14-21(38-2)15-13-19/h3-16,26,32,36H,17H2,1-2H3. The van der Waals surface area contributed by atoms with Gasteiger partial charge in [0.1, 0.15) is 10.8 Å². The van der Waals surface area contributed by atoms with Gasteiger partial charge in [-0.05, 0) is 30.7 Å². The second-order valence-electron chi connectivity index (χ2n) is 9.36. The lowest BCUT2D eigenvalue weighted by Gasteiger charge is -2.26. The largest absolute Gasteiger partial charge is 0.503 e. The Morgan fingerprint density at radius 3 is 2.51 bits per heavy atom. The molecule has 39 heavy (non-hydrogen) atoms. The van der Waals surface area contributed by atoms with Crippen molar-refractivity contribution in [2.45, 2.75) is 19.5 Å². The molecule has 5 aromatic rings. The third kappa shape index (κ3) is 4.28. The molecule has 0 fully saturated rings. The number of nitrogens with zero attached hydrogens (tertiary/aromatic N) is 2. The van der Waals surface area contributed by atoms with Gasteiger partial charge in [-0.15, -0.1) is 11.3 Å². The molecule has 3 aromatic carbocycles. The first-order valence-electron chi connectivity index (χ1n) is 12.5. The number of benzene rings is 3. The highest BCUT2D eigenvalue weighted by atomic mass is 32.1. The van der Waals surface area contributed by atoms with Gasteiger partial charge in [0.15, 0.2) is 5.76 Å². The van der Waals surface area contributed by atoms with Gasteiger partial charge in [0.05, 0.1) is 29.3 Å². The van der Waals surface area contributed by atoms with Gasteiger partial charge in [-0.25, -0.2) is 4.98 Å². The highest BCUT2D eigenvalue weighted by molar-refractivity contribution is 7.17. The number of thiazole rings is 1. The Kier molecular flexibility index (Phi) is 6.24. The van der Waals surface area contributed by atoms with Crippen molar-refractivity contribution in [1.29, 1.82) is 0 Å². The van der Waals surface area contributed by atoms with Crippen molar-refractivity contribution in [3.05, 3.63) is 118 Å². The lowest BCUT2D eigenvalue weighted by Crippen LogP contribution is -2.30. The lowest BCUT2D eigenvalue weighted by molar-refractivity contribution is -0.130. The number of ether oxygens (including phenoxy) is 1. The number of aromatic amines is 1. The maximum atomic E-state index is 14.1. The summed E-state index contributed by atoms with van der Waals surface area (Å²) in [6.07, 6.45) is 1.81. The van der Waals surface area contributed by atoms with Gasteiger partial charge < -0.3 is 19.7 Å². The molecule has 3 heterocycles. The van der Waals surface area contributed by atoms with Crippen molar-refractivity contribution in [2.75, 3.05) is 7.11 Å². The summed E-state index contributed by atoms with van der Waals surface area (Å²) in [5.74, 6) is -0.815. The first-order chi connectivity index (χ1) is 19.0. The summed E-state index contributed by atoms with van der Waals surface area (Å²) in [4.78, 5) is 37.5. The second kappa shape index (κ2) is 9.89. The highest BCUT2D eigenvalue weighted by Crippen LogP contribution is 2.43. The van der Waals surface area contributed by atoms with Gasteiger partial charge in [0.25, 0.3) is 5.91 Å². The van der Waals surface area contributed by atoms with E-state index >= 15 is 0 Å². The molecule has 8 heteroatoms. The Hall–Kier alpha value is -4.69. The molecule has 194 valence electrons. The average Bonchev–Trinajstić information content (AvgIpc) is 3.64. The number of carbonyl (C=O) groups is 2. The fraction of sp³-hybridized carbons (Fsp3) is 0.129. The van der Waals surface area contributed by atoms with Crippen molar-refractivity contribution >= 4 is 33.9 Å². The van der Waals surface area contributed by atoms with E-state index in [0.29, 0.717) is 21.3 Å². The predicted octanol–water partition coefficient (Wildman–Crippen LogP) is 6.39. The summed E-state index contributed by atoms with van der Waals surface area (Å²) in [5, 5.41) is 12.8. The molecule has 1 unspecified atom stereocenters. The van der Waals surface area contributed by atoms with Crippen LogP contribution >= 0.6 is 11.3 Å². The molecule has 0 bridgehead atoms. The number of ketones is 1. The Labute approximate surface area is 229 Å². The zero-order valence-electron chi connectivity index (χ0n) is 21.3. The maximum absolute atomic E-state index is 14.1. The van der Waals surface area contributed by atoms with Crippen LogP contribution < -0.4 is 4.74 Å². The van der Waals surface area contributed by atoms with Crippen LogP contribution in [-0.4, -0.2) is 38.8 Å². The molecule has 0 spiro atoms. The minimum atomic E-state index is -0.787. The number of methoxy groups -OCH3 is 1. The number of amides is 1.